The topological polar surface area (TPSA) is 69.2 Å². The number of rotatable bonds is 2. The third-order valence-electron chi connectivity index (χ3n) is 2.94. The zero-order chi connectivity index (χ0) is 11.1. The van der Waals surface area contributed by atoms with Crippen molar-refractivity contribution in [2.24, 2.45) is 5.73 Å². The van der Waals surface area contributed by atoms with Crippen LogP contribution in [0.1, 0.15) is 24.8 Å². The van der Waals surface area contributed by atoms with Gasteiger partial charge in [0.25, 0.3) is 5.69 Å². The summed E-state index contributed by atoms with van der Waals surface area (Å²) < 4.78 is 13.4. The molecule has 0 radical (unpaired) electrons. The molecule has 2 rings (SSSR count). The van der Waals surface area contributed by atoms with Gasteiger partial charge in [-0.25, -0.2) is 4.39 Å². The largest absolute Gasteiger partial charge is 0.321 e. The van der Waals surface area contributed by atoms with Crippen molar-refractivity contribution in [3.05, 3.63) is 39.7 Å². The zero-order valence-electron chi connectivity index (χ0n) is 8.07. The van der Waals surface area contributed by atoms with E-state index in [9.17, 15) is 14.5 Å². The molecule has 0 heterocycles. The highest BCUT2D eigenvalue weighted by Crippen LogP contribution is 2.40. The zero-order valence-corrected chi connectivity index (χ0v) is 8.07. The van der Waals surface area contributed by atoms with Gasteiger partial charge in [0.05, 0.1) is 4.92 Å². The second kappa shape index (κ2) is 3.27. The molecule has 0 amide bonds. The van der Waals surface area contributed by atoms with Crippen LogP contribution in [-0.4, -0.2) is 4.92 Å². The van der Waals surface area contributed by atoms with Gasteiger partial charge in [-0.1, -0.05) is 0 Å². The molecule has 1 aliphatic carbocycles. The van der Waals surface area contributed by atoms with E-state index in [1.165, 1.54) is 6.07 Å². The number of nitrogens with zero attached hydrogens (tertiary/aromatic N) is 1. The molecule has 0 spiro atoms. The molecule has 5 heteroatoms. The van der Waals surface area contributed by atoms with Gasteiger partial charge in [0.15, 0.2) is 0 Å². The first-order valence-corrected chi connectivity index (χ1v) is 4.76. The minimum Gasteiger partial charge on any atom is -0.321 e. The van der Waals surface area contributed by atoms with Gasteiger partial charge in [0.1, 0.15) is 5.82 Å². The van der Waals surface area contributed by atoms with E-state index in [1.54, 1.807) is 0 Å². The molecular weight excluding hydrogens is 199 g/mol. The summed E-state index contributed by atoms with van der Waals surface area (Å²) in [6.45, 7) is 0. The molecule has 0 unspecified atom stereocenters. The van der Waals surface area contributed by atoms with Crippen LogP contribution in [0.25, 0.3) is 0 Å². The Labute approximate surface area is 86.0 Å². The van der Waals surface area contributed by atoms with E-state index in [1.807, 2.05) is 0 Å². The summed E-state index contributed by atoms with van der Waals surface area (Å²) in [6, 6.07) is 3.51. The second-order valence-corrected chi connectivity index (χ2v) is 3.93. The normalized spacial score (nSPS) is 18.3. The average Bonchev–Trinajstić information content (AvgIpc) is 2.14. The molecule has 0 saturated heterocycles. The molecule has 0 aliphatic heterocycles. The Morgan fingerprint density at radius 1 is 1.47 bits per heavy atom. The van der Waals surface area contributed by atoms with Crippen molar-refractivity contribution in [1.82, 2.24) is 0 Å². The Balaban J connectivity index is 2.45. The summed E-state index contributed by atoms with van der Waals surface area (Å²) in [5.74, 6) is -0.456. The van der Waals surface area contributed by atoms with Crippen molar-refractivity contribution in [1.29, 1.82) is 0 Å². The summed E-state index contributed by atoms with van der Waals surface area (Å²) in [5.41, 5.74) is 5.39. The number of benzene rings is 1. The van der Waals surface area contributed by atoms with Crippen LogP contribution in [0.5, 0.6) is 0 Å². The van der Waals surface area contributed by atoms with Crippen molar-refractivity contribution in [2.45, 2.75) is 24.8 Å². The molecule has 15 heavy (non-hydrogen) atoms. The highest BCUT2D eigenvalue weighted by molar-refractivity contribution is 5.39. The fraction of sp³-hybridized carbons (Fsp3) is 0.400. The first-order valence-electron chi connectivity index (χ1n) is 4.76. The van der Waals surface area contributed by atoms with Gasteiger partial charge in [-0.05, 0) is 25.3 Å². The number of halogens is 1. The molecule has 0 bridgehead atoms. The van der Waals surface area contributed by atoms with Crippen LogP contribution >= 0.6 is 0 Å². The lowest BCUT2D eigenvalue weighted by atomic mass is 9.72. The minimum absolute atomic E-state index is 0.108. The van der Waals surface area contributed by atoms with Gasteiger partial charge in [0.2, 0.25) is 0 Å². The highest BCUT2D eigenvalue weighted by Gasteiger charge is 2.37. The number of nitrogens with two attached hydrogens (primary N) is 1. The maximum atomic E-state index is 13.4. The number of non-ortho nitro benzene ring substituents is 1. The van der Waals surface area contributed by atoms with Gasteiger partial charge in [0, 0.05) is 23.2 Å². The van der Waals surface area contributed by atoms with Crippen LogP contribution in [0.2, 0.25) is 0 Å². The predicted molar refractivity (Wildman–Crippen MR) is 52.8 cm³/mol. The van der Waals surface area contributed by atoms with Crippen molar-refractivity contribution in [2.75, 3.05) is 0 Å². The van der Waals surface area contributed by atoms with Crippen LogP contribution in [0.3, 0.4) is 0 Å². The van der Waals surface area contributed by atoms with E-state index in [0.29, 0.717) is 12.8 Å². The monoisotopic (exact) mass is 210 g/mol. The SMILES string of the molecule is NC1(c2cc([N+](=O)[O-])ccc2F)CCC1. The number of hydrogen-bond acceptors (Lipinski definition) is 3. The van der Waals surface area contributed by atoms with Crippen molar-refractivity contribution < 1.29 is 9.31 Å². The Hall–Kier alpha value is -1.49. The fourth-order valence-corrected chi connectivity index (χ4v) is 1.84. The van der Waals surface area contributed by atoms with Crippen LogP contribution in [0.15, 0.2) is 18.2 Å². The van der Waals surface area contributed by atoms with Gasteiger partial charge in [-0.15, -0.1) is 0 Å². The maximum Gasteiger partial charge on any atom is 0.269 e. The summed E-state index contributed by atoms with van der Waals surface area (Å²) >= 11 is 0. The van der Waals surface area contributed by atoms with E-state index in [0.717, 1.165) is 18.6 Å². The average molecular weight is 210 g/mol. The van der Waals surface area contributed by atoms with E-state index in [-0.39, 0.29) is 11.3 Å². The van der Waals surface area contributed by atoms with E-state index >= 15 is 0 Å². The molecule has 0 atom stereocenters. The summed E-state index contributed by atoms with van der Waals surface area (Å²) in [5, 5.41) is 10.5. The van der Waals surface area contributed by atoms with Crippen molar-refractivity contribution >= 4 is 5.69 Å². The first-order chi connectivity index (χ1) is 7.03. The third kappa shape index (κ3) is 1.59. The summed E-state index contributed by atoms with van der Waals surface area (Å²) in [6.07, 6.45) is 2.31. The standard InChI is InChI=1S/C10H11FN2O2/c11-9-3-2-7(13(14)15)6-8(9)10(12)4-1-5-10/h2-3,6H,1,4-5,12H2. The Morgan fingerprint density at radius 2 is 2.13 bits per heavy atom. The van der Waals surface area contributed by atoms with Gasteiger partial charge >= 0.3 is 0 Å². The number of nitro benzene ring substituents is 1. The number of hydrogen-bond donors (Lipinski definition) is 1. The minimum atomic E-state index is -0.698. The van der Waals surface area contributed by atoms with E-state index < -0.39 is 16.3 Å². The molecule has 1 saturated carbocycles. The molecule has 1 aromatic carbocycles. The molecule has 1 aromatic rings. The lowest BCUT2D eigenvalue weighted by Crippen LogP contribution is -2.44. The predicted octanol–water partition coefficient (Wildman–Crippen LogP) is 2.07. The molecule has 1 aliphatic rings. The molecule has 4 nitrogen and oxygen atoms in total. The molecule has 2 N–H and O–H groups in total. The first kappa shape index (κ1) is 10.0. The van der Waals surface area contributed by atoms with Gasteiger partial charge < -0.3 is 5.73 Å². The van der Waals surface area contributed by atoms with Crippen molar-refractivity contribution in [3.8, 4) is 0 Å². The molecule has 80 valence electrons. The van der Waals surface area contributed by atoms with Crippen LogP contribution in [0, 0.1) is 15.9 Å². The number of nitro groups is 1. The van der Waals surface area contributed by atoms with Gasteiger partial charge in [-0.2, -0.15) is 0 Å². The summed E-state index contributed by atoms with van der Waals surface area (Å²) in [4.78, 5) is 10.0. The third-order valence-corrected chi connectivity index (χ3v) is 2.94. The molecule has 0 aromatic heterocycles. The maximum absolute atomic E-state index is 13.4. The van der Waals surface area contributed by atoms with Crippen LogP contribution < -0.4 is 5.73 Å². The lowest BCUT2D eigenvalue weighted by molar-refractivity contribution is -0.385. The van der Waals surface area contributed by atoms with Crippen molar-refractivity contribution in [3.63, 3.8) is 0 Å². The Bertz CT molecular complexity index is 416. The van der Waals surface area contributed by atoms with E-state index in [2.05, 4.69) is 0 Å². The molecule has 1 fully saturated rings. The smallest absolute Gasteiger partial charge is 0.269 e. The van der Waals surface area contributed by atoms with E-state index in [4.69, 9.17) is 5.73 Å². The Kier molecular flexibility index (Phi) is 2.19. The Morgan fingerprint density at radius 3 is 2.60 bits per heavy atom. The van der Waals surface area contributed by atoms with Gasteiger partial charge in [-0.3, -0.25) is 10.1 Å². The second-order valence-electron chi connectivity index (χ2n) is 3.93. The fourth-order valence-electron chi connectivity index (χ4n) is 1.84. The molecular formula is C10H11FN2O2. The summed E-state index contributed by atoms with van der Waals surface area (Å²) in [7, 11) is 0. The van der Waals surface area contributed by atoms with Crippen LogP contribution in [0.4, 0.5) is 10.1 Å². The lowest BCUT2D eigenvalue weighted by Gasteiger charge is -2.38. The van der Waals surface area contributed by atoms with Crippen LogP contribution in [-0.2, 0) is 5.54 Å². The quantitative estimate of drug-likeness (QED) is 0.600. The highest BCUT2D eigenvalue weighted by atomic mass is 19.1.